The topological polar surface area (TPSA) is 67.9 Å². The number of amides is 2. The van der Waals surface area contributed by atoms with Gasteiger partial charge < -0.3 is 19.7 Å². The van der Waals surface area contributed by atoms with Gasteiger partial charge in [-0.15, -0.1) is 0 Å². The summed E-state index contributed by atoms with van der Waals surface area (Å²) in [4.78, 5) is 26.6. The Hall–Kier alpha value is -2.50. The van der Waals surface area contributed by atoms with Crippen LogP contribution < -0.4 is 19.7 Å². The number of hydrogen-bond acceptors (Lipinski definition) is 4. The predicted molar refractivity (Wildman–Crippen MR) is 102 cm³/mol. The van der Waals surface area contributed by atoms with E-state index in [4.69, 9.17) is 9.47 Å². The monoisotopic (exact) mass is 370 g/mol. The first-order valence-electron chi connectivity index (χ1n) is 9.86. The van der Waals surface area contributed by atoms with E-state index >= 15 is 0 Å². The molecule has 1 saturated heterocycles. The van der Waals surface area contributed by atoms with Crippen LogP contribution in [0.15, 0.2) is 29.8 Å². The van der Waals surface area contributed by atoms with Crippen LogP contribution in [-0.4, -0.2) is 38.1 Å². The Labute approximate surface area is 159 Å². The largest absolute Gasteiger partial charge is 0.486 e. The van der Waals surface area contributed by atoms with Crippen LogP contribution >= 0.6 is 0 Å². The molecule has 2 aliphatic heterocycles. The minimum absolute atomic E-state index is 0.0261. The molecule has 2 heterocycles. The summed E-state index contributed by atoms with van der Waals surface area (Å²) in [5.41, 5.74) is 2.20. The highest BCUT2D eigenvalue weighted by Gasteiger charge is 2.35. The van der Waals surface area contributed by atoms with Crippen LogP contribution in [-0.2, 0) is 9.59 Å². The number of hydrogen-bond donors (Lipinski definition) is 1. The zero-order valence-corrected chi connectivity index (χ0v) is 15.5. The molecule has 0 spiro atoms. The lowest BCUT2D eigenvalue weighted by molar-refractivity contribution is -0.126. The molecule has 1 aromatic rings. The Morgan fingerprint density at radius 3 is 2.85 bits per heavy atom. The van der Waals surface area contributed by atoms with Crippen LogP contribution in [0.25, 0.3) is 0 Å². The number of allylic oxidation sites excluding steroid dienone is 1. The van der Waals surface area contributed by atoms with Crippen molar-refractivity contribution in [3.05, 3.63) is 29.8 Å². The molecule has 1 N–H and O–H groups in total. The molecule has 4 rings (SSSR count). The molecule has 0 aromatic heterocycles. The molecular formula is C21H26N2O4. The number of anilines is 1. The number of carbonyl (C=O) groups excluding carboxylic acids is 2. The van der Waals surface area contributed by atoms with Crippen LogP contribution in [0.1, 0.15) is 38.5 Å². The number of benzene rings is 1. The van der Waals surface area contributed by atoms with Crippen molar-refractivity contribution in [2.75, 3.05) is 31.2 Å². The summed E-state index contributed by atoms with van der Waals surface area (Å²) >= 11 is 0. The molecule has 1 aromatic carbocycles. The van der Waals surface area contributed by atoms with Gasteiger partial charge in [0, 0.05) is 31.3 Å². The average molecular weight is 370 g/mol. The Morgan fingerprint density at radius 1 is 1.19 bits per heavy atom. The van der Waals surface area contributed by atoms with E-state index in [0.717, 1.165) is 24.9 Å². The second-order valence-electron chi connectivity index (χ2n) is 7.38. The van der Waals surface area contributed by atoms with E-state index in [1.807, 2.05) is 18.2 Å². The van der Waals surface area contributed by atoms with E-state index in [1.165, 1.54) is 18.4 Å². The zero-order valence-electron chi connectivity index (χ0n) is 15.5. The number of carbonyl (C=O) groups is 2. The maximum Gasteiger partial charge on any atom is 0.227 e. The molecule has 27 heavy (non-hydrogen) atoms. The minimum atomic E-state index is -0.300. The van der Waals surface area contributed by atoms with Gasteiger partial charge in [-0.2, -0.15) is 0 Å². The second-order valence-corrected chi connectivity index (χ2v) is 7.38. The molecule has 1 aliphatic carbocycles. The summed E-state index contributed by atoms with van der Waals surface area (Å²) in [5, 5.41) is 3.01. The second kappa shape index (κ2) is 8.03. The van der Waals surface area contributed by atoms with Gasteiger partial charge in [0.15, 0.2) is 11.5 Å². The first kappa shape index (κ1) is 17.9. The highest BCUT2D eigenvalue weighted by atomic mass is 16.6. The van der Waals surface area contributed by atoms with Gasteiger partial charge in [0.25, 0.3) is 0 Å². The van der Waals surface area contributed by atoms with Crippen LogP contribution in [0, 0.1) is 5.92 Å². The summed E-state index contributed by atoms with van der Waals surface area (Å²) in [6, 6.07) is 5.49. The summed E-state index contributed by atoms with van der Waals surface area (Å²) in [5.74, 6) is 0.996. The number of nitrogens with one attached hydrogen (secondary N) is 1. The lowest BCUT2D eigenvalue weighted by atomic mass is 9.97. The van der Waals surface area contributed by atoms with Gasteiger partial charge in [-0.3, -0.25) is 9.59 Å². The molecule has 0 unspecified atom stereocenters. The van der Waals surface area contributed by atoms with Crippen LogP contribution in [0.2, 0.25) is 0 Å². The van der Waals surface area contributed by atoms with E-state index in [0.29, 0.717) is 37.8 Å². The fraction of sp³-hybridized carbons (Fsp3) is 0.524. The van der Waals surface area contributed by atoms with Gasteiger partial charge in [0.05, 0.1) is 5.92 Å². The molecule has 1 atom stereocenters. The normalized spacial score (nSPS) is 21.8. The van der Waals surface area contributed by atoms with Crippen molar-refractivity contribution in [3.63, 3.8) is 0 Å². The number of rotatable bonds is 5. The smallest absolute Gasteiger partial charge is 0.227 e. The molecule has 0 radical (unpaired) electrons. The molecular weight excluding hydrogens is 344 g/mol. The van der Waals surface area contributed by atoms with Crippen molar-refractivity contribution in [3.8, 4) is 11.5 Å². The number of nitrogens with zero attached hydrogens (tertiary/aromatic N) is 1. The highest BCUT2D eigenvalue weighted by Crippen LogP contribution is 2.36. The van der Waals surface area contributed by atoms with Crippen LogP contribution in [0.5, 0.6) is 11.5 Å². The number of fused-ring (bicyclic) bond motifs is 1. The summed E-state index contributed by atoms with van der Waals surface area (Å²) in [6.07, 6.45) is 8.30. The lowest BCUT2D eigenvalue weighted by Crippen LogP contribution is -2.33. The average Bonchev–Trinajstić information content (AvgIpc) is 3.10. The lowest BCUT2D eigenvalue weighted by Gasteiger charge is -2.22. The van der Waals surface area contributed by atoms with Gasteiger partial charge in [-0.25, -0.2) is 0 Å². The summed E-state index contributed by atoms with van der Waals surface area (Å²) in [6.45, 7) is 2.10. The minimum Gasteiger partial charge on any atom is -0.486 e. The molecule has 2 amide bonds. The first-order valence-corrected chi connectivity index (χ1v) is 9.86. The SMILES string of the molecule is O=C(NCCC1=CCCCC1)[C@H]1CC(=O)N(c2ccc3c(c2)OCCO3)C1. The van der Waals surface area contributed by atoms with Crippen LogP contribution in [0.4, 0.5) is 5.69 Å². The zero-order chi connectivity index (χ0) is 18.6. The summed E-state index contributed by atoms with van der Waals surface area (Å²) in [7, 11) is 0. The molecule has 6 heteroatoms. The Bertz CT molecular complexity index is 759. The van der Waals surface area contributed by atoms with Crippen molar-refractivity contribution >= 4 is 17.5 Å². The van der Waals surface area contributed by atoms with E-state index in [2.05, 4.69) is 11.4 Å². The Kier molecular flexibility index (Phi) is 5.32. The highest BCUT2D eigenvalue weighted by molar-refractivity contribution is 6.00. The maximum absolute atomic E-state index is 12.5. The fourth-order valence-electron chi connectivity index (χ4n) is 3.95. The third-order valence-electron chi connectivity index (χ3n) is 5.46. The summed E-state index contributed by atoms with van der Waals surface area (Å²) < 4.78 is 11.1. The fourth-order valence-corrected chi connectivity index (χ4v) is 3.95. The van der Waals surface area contributed by atoms with Crippen LogP contribution in [0.3, 0.4) is 0 Å². The van der Waals surface area contributed by atoms with Gasteiger partial charge in [-0.1, -0.05) is 11.6 Å². The maximum atomic E-state index is 12.5. The van der Waals surface area contributed by atoms with Crippen molar-refractivity contribution in [2.45, 2.75) is 38.5 Å². The molecule has 0 saturated carbocycles. The van der Waals surface area contributed by atoms with Gasteiger partial charge in [0.1, 0.15) is 13.2 Å². The predicted octanol–water partition coefficient (Wildman–Crippen LogP) is 2.82. The first-order chi connectivity index (χ1) is 13.2. The van der Waals surface area contributed by atoms with Crippen molar-refractivity contribution in [2.24, 2.45) is 5.92 Å². The molecule has 6 nitrogen and oxygen atoms in total. The van der Waals surface area contributed by atoms with Gasteiger partial charge in [0.2, 0.25) is 11.8 Å². The number of ether oxygens (including phenoxy) is 2. The van der Waals surface area contributed by atoms with E-state index in [1.54, 1.807) is 4.90 Å². The third-order valence-corrected chi connectivity index (χ3v) is 5.46. The van der Waals surface area contributed by atoms with Gasteiger partial charge >= 0.3 is 0 Å². The quantitative estimate of drug-likeness (QED) is 0.810. The third kappa shape index (κ3) is 4.10. The molecule has 0 bridgehead atoms. The van der Waals surface area contributed by atoms with Gasteiger partial charge in [-0.05, 0) is 44.2 Å². The standard InChI is InChI=1S/C21H26N2O4/c24-20-12-16(21(25)22-9-8-15-4-2-1-3-5-15)14-23(20)17-6-7-18-19(13-17)27-11-10-26-18/h4,6-7,13,16H,1-3,5,8-12,14H2,(H,22,25)/t16-/m0/s1. The Morgan fingerprint density at radius 2 is 2.04 bits per heavy atom. The Balaban J connectivity index is 1.33. The molecule has 3 aliphatic rings. The van der Waals surface area contributed by atoms with Crippen molar-refractivity contribution < 1.29 is 19.1 Å². The van der Waals surface area contributed by atoms with E-state index in [-0.39, 0.29) is 24.2 Å². The van der Waals surface area contributed by atoms with E-state index < -0.39 is 0 Å². The molecule has 1 fully saturated rings. The molecule has 144 valence electrons. The van der Waals surface area contributed by atoms with Crippen molar-refractivity contribution in [1.82, 2.24) is 5.32 Å². The van der Waals surface area contributed by atoms with Crippen molar-refractivity contribution in [1.29, 1.82) is 0 Å². The van der Waals surface area contributed by atoms with E-state index in [9.17, 15) is 9.59 Å².